The van der Waals surface area contributed by atoms with Crippen molar-refractivity contribution < 1.29 is 9.53 Å². The Labute approximate surface area is 157 Å². The normalized spacial score (nSPS) is 10.8. The van der Waals surface area contributed by atoms with Gasteiger partial charge in [0, 0.05) is 12.3 Å². The molecule has 5 heteroatoms. The largest absolute Gasteiger partial charge is 0.494 e. The quantitative estimate of drug-likeness (QED) is 0.583. The molecule has 4 nitrogen and oxygen atoms in total. The number of benzene rings is 2. The maximum Gasteiger partial charge on any atom is 0.250 e. The third kappa shape index (κ3) is 5.04. The highest BCUT2D eigenvalue weighted by Crippen LogP contribution is 2.28. The van der Waals surface area contributed by atoms with E-state index in [1.54, 1.807) is 12.3 Å². The van der Waals surface area contributed by atoms with Gasteiger partial charge in [0.1, 0.15) is 5.75 Å². The summed E-state index contributed by atoms with van der Waals surface area (Å²) in [5.74, 6) is 0.634. The number of hydrogen-bond donors (Lipinski definition) is 1. The van der Waals surface area contributed by atoms with Gasteiger partial charge in [-0.3, -0.25) is 10.1 Å². The summed E-state index contributed by atoms with van der Waals surface area (Å²) in [4.78, 5) is 17.4. The molecule has 3 aromatic rings. The van der Waals surface area contributed by atoms with Gasteiger partial charge >= 0.3 is 0 Å². The van der Waals surface area contributed by atoms with Gasteiger partial charge in [-0.15, -0.1) is 0 Å². The fraction of sp³-hybridized carbons (Fsp3) is 0.143. The van der Waals surface area contributed by atoms with Crippen LogP contribution in [0.5, 0.6) is 5.75 Å². The maximum atomic E-state index is 12.1. The van der Waals surface area contributed by atoms with Crippen molar-refractivity contribution >= 4 is 28.5 Å². The van der Waals surface area contributed by atoms with Crippen LogP contribution in [0.3, 0.4) is 0 Å². The van der Waals surface area contributed by atoms with Gasteiger partial charge in [0.25, 0.3) is 0 Å². The van der Waals surface area contributed by atoms with Crippen molar-refractivity contribution in [3.63, 3.8) is 0 Å². The van der Waals surface area contributed by atoms with Gasteiger partial charge in [-0.2, -0.15) is 0 Å². The number of rotatable bonds is 7. The van der Waals surface area contributed by atoms with Crippen LogP contribution in [0, 0.1) is 0 Å². The molecule has 0 atom stereocenters. The lowest BCUT2D eigenvalue weighted by Crippen LogP contribution is -2.07. The Morgan fingerprint density at radius 1 is 1.15 bits per heavy atom. The number of thiazole rings is 1. The summed E-state index contributed by atoms with van der Waals surface area (Å²) < 4.78 is 5.54. The molecular weight excluding hydrogens is 344 g/mol. The molecule has 0 aliphatic heterocycles. The average molecular weight is 364 g/mol. The molecule has 0 radical (unpaired) electrons. The SMILES string of the molecule is CCCOc1ccc(/C=C/C(=O)Nc2ncc(-c3ccccc3)s2)cc1. The summed E-state index contributed by atoms with van der Waals surface area (Å²) in [7, 11) is 0. The summed E-state index contributed by atoms with van der Waals surface area (Å²) in [6.07, 6.45) is 6.02. The monoisotopic (exact) mass is 364 g/mol. The van der Waals surface area contributed by atoms with E-state index in [1.807, 2.05) is 54.6 Å². The minimum atomic E-state index is -0.203. The summed E-state index contributed by atoms with van der Waals surface area (Å²) in [6.45, 7) is 2.78. The Morgan fingerprint density at radius 2 is 1.92 bits per heavy atom. The number of anilines is 1. The highest BCUT2D eigenvalue weighted by Gasteiger charge is 2.06. The van der Waals surface area contributed by atoms with Crippen LogP contribution in [0.15, 0.2) is 66.9 Å². The lowest BCUT2D eigenvalue weighted by molar-refractivity contribution is -0.111. The van der Waals surface area contributed by atoms with Gasteiger partial charge in [0.2, 0.25) is 5.91 Å². The predicted molar refractivity (Wildman–Crippen MR) is 107 cm³/mol. The molecule has 0 aliphatic rings. The zero-order valence-corrected chi connectivity index (χ0v) is 15.3. The molecule has 0 bridgehead atoms. The summed E-state index contributed by atoms with van der Waals surface area (Å²) >= 11 is 1.45. The molecule has 0 unspecified atom stereocenters. The molecule has 0 spiro atoms. The van der Waals surface area contributed by atoms with Gasteiger partial charge in [0.05, 0.1) is 11.5 Å². The van der Waals surface area contributed by atoms with Crippen LogP contribution in [0.25, 0.3) is 16.5 Å². The predicted octanol–water partition coefficient (Wildman–Crippen LogP) is 5.25. The second kappa shape index (κ2) is 8.97. The first-order valence-corrected chi connectivity index (χ1v) is 9.29. The Kier molecular flexibility index (Phi) is 6.17. The molecule has 1 amide bonds. The van der Waals surface area contributed by atoms with E-state index >= 15 is 0 Å². The van der Waals surface area contributed by atoms with Crippen LogP contribution < -0.4 is 10.1 Å². The first-order valence-electron chi connectivity index (χ1n) is 8.48. The number of carbonyl (C=O) groups excluding carboxylic acids is 1. The minimum Gasteiger partial charge on any atom is -0.494 e. The van der Waals surface area contributed by atoms with Crippen LogP contribution >= 0.6 is 11.3 Å². The lowest BCUT2D eigenvalue weighted by atomic mass is 10.2. The zero-order chi connectivity index (χ0) is 18.2. The molecule has 0 aliphatic carbocycles. The average Bonchev–Trinajstić information content (AvgIpc) is 3.14. The van der Waals surface area contributed by atoms with Crippen molar-refractivity contribution in [2.24, 2.45) is 0 Å². The lowest BCUT2D eigenvalue weighted by Gasteiger charge is -2.03. The molecule has 1 heterocycles. The van der Waals surface area contributed by atoms with Gasteiger partial charge in [-0.25, -0.2) is 4.98 Å². The van der Waals surface area contributed by atoms with Crippen LogP contribution in [-0.4, -0.2) is 17.5 Å². The second-order valence-electron chi connectivity index (χ2n) is 5.64. The number of amides is 1. The Hall–Kier alpha value is -2.92. The van der Waals surface area contributed by atoms with Crippen LogP contribution in [-0.2, 0) is 4.79 Å². The Morgan fingerprint density at radius 3 is 2.65 bits per heavy atom. The van der Waals surface area contributed by atoms with E-state index in [0.717, 1.165) is 28.2 Å². The second-order valence-corrected chi connectivity index (χ2v) is 6.67. The molecule has 0 saturated heterocycles. The summed E-state index contributed by atoms with van der Waals surface area (Å²) in [6, 6.07) is 17.6. The van der Waals surface area contributed by atoms with E-state index in [9.17, 15) is 4.79 Å². The highest BCUT2D eigenvalue weighted by atomic mass is 32.1. The molecule has 0 saturated carbocycles. The minimum absolute atomic E-state index is 0.203. The van der Waals surface area contributed by atoms with Crippen molar-refractivity contribution in [2.75, 3.05) is 11.9 Å². The van der Waals surface area contributed by atoms with Crippen molar-refractivity contribution in [1.82, 2.24) is 4.98 Å². The molecule has 1 N–H and O–H groups in total. The smallest absolute Gasteiger partial charge is 0.250 e. The van der Waals surface area contributed by atoms with Crippen molar-refractivity contribution in [3.8, 4) is 16.2 Å². The zero-order valence-electron chi connectivity index (χ0n) is 14.5. The standard InChI is InChI=1S/C21H20N2O2S/c1-2-14-25-18-11-8-16(9-12-18)10-13-20(24)23-21-22-15-19(26-21)17-6-4-3-5-7-17/h3-13,15H,2,14H2,1H3,(H,22,23,24)/b13-10+. The fourth-order valence-corrected chi connectivity index (χ4v) is 3.11. The molecule has 3 rings (SSSR count). The van der Waals surface area contributed by atoms with Gasteiger partial charge < -0.3 is 4.74 Å². The van der Waals surface area contributed by atoms with Crippen LogP contribution in [0.1, 0.15) is 18.9 Å². The molecule has 1 aromatic heterocycles. The van der Waals surface area contributed by atoms with E-state index in [-0.39, 0.29) is 5.91 Å². The molecule has 0 fully saturated rings. The van der Waals surface area contributed by atoms with Crippen LogP contribution in [0.4, 0.5) is 5.13 Å². The number of carbonyl (C=O) groups is 1. The molecule has 2 aromatic carbocycles. The van der Waals surface area contributed by atoms with Gasteiger partial charge in [-0.05, 0) is 35.8 Å². The number of nitrogens with zero attached hydrogens (tertiary/aromatic N) is 1. The summed E-state index contributed by atoms with van der Waals surface area (Å²) in [5, 5.41) is 3.38. The third-order valence-electron chi connectivity index (χ3n) is 3.57. The van der Waals surface area contributed by atoms with E-state index in [0.29, 0.717) is 11.7 Å². The Balaban J connectivity index is 1.57. The number of hydrogen-bond acceptors (Lipinski definition) is 4. The molecular formula is C21H20N2O2S. The Bertz CT molecular complexity index is 871. The first-order chi connectivity index (χ1) is 12.7. The van der Waals surface area contributed by atoms with Gasteiger partial charge in [0.15, 0.2) is 5.13 Å². The van der Waals surface area contributed by atoms with E-state index < -0.39 is 0 Å². The number of ether oxygens (including phenoxy) is 1. The highest BCUT2D eigenvalue weighted by molar-refractivity contribution is 7.19. The van der Waals surface area contributed by atoms with Gasteiger partial charge in [-0.1, -0.05) is 60.7 Å². The van der Waals surface area contributed by atoms with Crippen molar-refractivity contribution in [1.29, 1.82) is 0 Å². The van der Waals surface area contributed by atoms with Crippen molar-refractivity contribution in [3.05, 3.63) is 72.4 Å². The van der Waals surface area contributed by atoms with E-state index in [4.69, 9.17) is 4.74 Å². The molecule has 26 heavy (non-hydrogen) atoms. The maximum absolute atomic E-state index is 12.1. The number of nitrogens with one attached hydrogen (secondary N) is 1. The van der Waals surface area contributed by atoms with E-state index in [2.05, 4.69) is 17.2 Å². The third-order valence-corrected chi connectivity index (χ3v) is 4.54. The summed E-state index contributed by atoms with van der Waals surface area (Å²) in [5.41, 5.74) is 2.03. The fourth-order valence-electron chi connectivity index (χ4n) is 2.28. The topological polar surface area (TPSA) is 51.2 Å². The van der Waals surface area contributed by atoms with Crippen LogP contribution in [0.2, 0.25) is 0 Å². The molecule has 132 valence electrons. The van der Waals surface area contributed by atoms with E-state index in [1.165, 1.54) is 17.4 Å². The number of aromatic nitrogens is 1. The first kappa shape index (κ1) is 17.9. The van der Waals surface area contributed by atoms with Crippen molar-refractivity contribution in [2.45, 2.75) is 13.3 Å².